The summed E-state index contributed by atoms with van der Waals surface area (Å²) < 4.78 is 1.50. The third-order valence-electron chi connectivity index (χ3n) is 7.05. The van der Waals surface area contributed by atoms with E-state index in [1.165, 1.54) is 0 Å². The van der Waals surface area contributed by atoms with Crippen LogP contribution in [0.2, 0.25) is 0 Å². The second-order valence-electron chi connectivity index (χ2n) is 10.7. The molecule has 0 fully saturated rings. The number of ketones is 4. The molecule has 0 aliphatic heterocycles. The first-order chi connectivity index (χ1) is 24.3. The molecule has 0 radical (unpaired) electrons. The Bertz CT molecular complexity index is 2200. The molecule has 0 N–H and O–H groups in total. The highest BCUT2D eigenvalue weighted by molar-refractivity contribution is 9.11. The van der Waals surface area contributed by atoms with Crippen LogP contribution >= 0.6 is 31.9 Å². The Kier molecular flexibility index (Phi) is 12.4. The number of Topliss-reactive ketones (excluding diaryl/α,β-unsaturated/α-hetero) is 4. The first kappa shape index (κ1) is 35.4. The molecule has 0 saturated carbocycles. The zero-order valence-corrected chi connectivity index (χ0v) is 29.6. The molecule has 4 nitrogen and oxygen atoms in total. The number of benzene rings is 6. The molecule has 0 amide bonds. The lowest BCUT2D eigenvalue weighted by Crippen LogP contribution is -2.14. The summed E-state index contributed by atoms with van der Waals surface area (Å²) >= 11 is 6.59. The Labute approximate surface area is 307 Å². The van der Waals surface area contributed by atoms with Crippen LogP contribution in [0.1, 0.15) is 63.7 Å². The molecule has 240 valence electrons. The van der Waals surface area contributed by atoms with Crippen molar-refractivity contribution < 1.29 is 19.2 Å². The van der Waals surface area contributed by atoms with Crippen LogP contribution in [0.15, 0.2) is 167 Å². The summed E-state index contributed by atoms with van der Waals surface area (Å²) in [6.45, 7) is 0. The lowest BCUT2D eigenvalue weighted by Gasteiger charge is -2.03. The average molecular weight is 778 g/mol. The number of carbonyl (C=O) groups excluding carboxylic acids is 4. The molecule has 6 aromatic rings. The highest BCUT2D eigenvalue weighted by Crippen LogP contribution is 2.21. The average Bonchev–Trinajstić information content (AvgIpc) is 3.16. The van der Waals surface area contributed by atoms with Crippen LogP contribution in [0.3, 0.4) is 0 Å². The lowest BCUT2D eigenvalue weighted by molar-refractivity contribution is 0.0817. The van der Waals surface area contributed by atoms with Crippen molar-refractivity contribution >= 4 is 55.0 Å². The van der Waals surface area contributed by atoms with Gasteiger partial charge in [-0.1, -0.05) is 153 Å². The molecular weight excluding hydrogens is 752 g/mol. The maximum atomic E-state index is 13.0. The summed E-state index contributed by atoms with van der Waals surface area (Å²) in [5.74, 6) is 10.2. The Balaban J connectivity index is 0.000000228. The van der Waals surface area contributed by atoms with Gasteiger partial charge < -0.3 is 0 Å². The van der Waals surface area contributed by atoms with E-state index >= 15 is 0 Å². The summed E-state index contributed by atoms with van der Waals surface area (Å²) in [5.41, 5.74) is 4.37. The van der Waals surface area contributed by atoms with E-state index in [1.807, 2.05) is 72.8 Å². The number of halogens is 2. The number of carbonyl (C=O) groups is 4. The molecule has 0 aromatic heterocycles. The number of rotatable bonds is 6. The molecule has 0 atom stereocenters. The van der Waals surface area contributed by atoms with E-state index in [9.17, 15) is 19.2 Å². The second kappa shape index (κ2) is 17.5. The zero-order chi connectivity index (χ0) is 35.3. The van der Waals surface area contributed by atoms with Crippen LogP contribution < -0.4 is 0 Å². The molecule has 0 aliphatic carbocycles. The summed E-state index contributed by atoms with van der Waals surface area (Å²) in [6.07, 6.45) is 0. The molecule has 6 rings (SSSR count). The molecule has 6 heteroatoms. The van der Waals surface area contributed by atoms with Crippen molar-refractivity contribution in [1.29, 1.82) is 0 Å². The Hall–Kier alpha value is -5.92. The number of hydrogen-bond donors (Lipinski definition) is 0. The van der Waals surface area contributed by atoms with Gasteiger partial charge in [-0.15, -0.1) is 0 Å². The van der Waals surface area contributed by atoms with Crippen molar-refractivity contribution in [2.24, 2.45) is 0 Å². The third-order valence-corrected chi connectivity index (χ3v) is 7.97. The molecular formula is C44H26Br2O4. The highest BCUT2D eigenvalue weighted by Gasteiger charge is 2.20. The Morgan fingerprint density at radius 1 is 0.320 bits per heavy atom. The van der Waals surface area contributed by atoms with Crippen molar-refractivity contribution in [1.82, 2.24) is 0 Å². The largest absolute Gasteiger partial charge is 0.285 e. The fourth-order valence-electron chi connectivity index (χ4n) is 4.62. The van der Waals surface area contributed by atoms with Gasteiger partial charge in [0, 0.05) is 53.5 Å². The van der Waals surface area contributed by atoms with Gasteiger partial charge in [0.2, 0.25) is 23.1 Å². The fraction of sp³-hybridized carbons (Fsp3) is 0. The van der Waals surface area contributed by atoms with E-state index < -0.39 is 23.1 Å². The van der Waals surface area contributed by atoms with Gasteiger partial charge in [-0.05, 0) is 60.7 Å². The maximum Gasteiger partial charge on any atom is 0.233 e. The standard InChI is InChI=1S/C30H18O2.C14H8Br2O2/c31-29(27-14-8-3-9-15-27)30(32)28-21-25(18-16-23-10-4-1-5-11-23)20-26(22-28)19-17-24-12-6-2-7-13-24;15-11-6-10(7-12(16)8-11)14(18)13(17)9-4-2-1-3-5-9/h1-15,20-22H;1-8H. The molecule has 0 saturated heterocycles. The Morgan fingerprint density at radius 3 is 1.00 bits per heavy atom. The normalized spacial score (nSPS) is 9.80. The van der Waals surface area contributed by atoms with Gasteiger partial charge >= 0.3 is 0 Å². The van der Waals surface area contributed by atoms with Gasteiger partial charge in [0.15, 0.2) is 0 Å². The molecule has 0 unspecified atom stereocenters. The van der Waals surface area contributed by atoms with Gasteiger partial charge in [-0.3, -0.25) is 19.2 Å². The quantitative estimate of drug-likeness (QED) is 0.0960. The molecule has 0 spiro atoms. The van der Waals surface area contributed by atoms with E-state index in [1.54, 1.807) is 84.9 Å². The smallest absolute Gasteiger partial charge is 0.233 e. The van der Waals surface area contributed by atoms with Crippen LogP contribution in [0, 0.1) is 23.7 Å². The predicted octanol–water partition coefficient (Wildman–Crippen LogP) is 9.83. The summed E-state index contributed by atoms with van der Waals surface area (Å²) in [5, 5.41) is 0. The summed E-state index contributed by atoms with van der Waals surface area (Å²) in [6, 6.07) is 46.4. The molecule has 0 aliphatic rings. The fourth-order valence-corrected chi connectivity index (χ4v) is 5.92. The molecule has 50 heavy (non-hydrogen) atoms. The summed E-state index contributed by atoms with van der Waals surface area (Å²) in [7, 11) is 0. The van der Waals surface area contributed by atoms with Crippen LogP contribution in [0.25, 0.3) is 0 Å². The predicted molar refractivity (Wildman–Crippen MR) is 203 cm³/mol. The van der Waals surface area contributed by atoms with E-state index in [4.69, 9.17) is 0 Å². The topological polar surface area (TPSA) is 68.3 Å². The lowest BCUT2D eigenvalue weighted by atomic mass is 9.97. The first-order valence-corrected chi connectivity index (χ1v) is 16.9. The maximum absolute atomic E-state index is 13.0. The molecule has 0 heterocycles. The minimum Gasteiger partial charge on any atom is -0.285 e. The minimum absolute atomic E-state index is 0.274. The van der Waals surface area contributed by atoms with Gasteiger partial charge in [0.1, 0.15) is 0 Å². The van der Waals surface area contributed by atoms with Crippen LogP contribution in [0.5, 0.6) is 0 Å². The zero-order valence-electron chi connectivity index (χ0n) is 26.4. The molecule has 0 bridgehead atoms. The van der Waals surface area contributed by atoms with Gasteiger partial charge in [0.05, 0.1) is 0 Å². The van der Waals surface area contributed by atoms with Crippen molar-refractivity contribution in [3.8, 4) is 23.7 Å². The van der Waals surface area contributed by atoms with Crippen LogP contribution in [0.4, 0.5) is 0 Å². The highest BCUT2D eigenvalue weighted by atomic mass is 79.9. The van der Waals surface area contributed by atoms with Gasteiger partial charge in [-0.25, -0.2) is 0 Å². The second-order valence-corrected chi connectivity index (χ2v) is 12.6. The summed E-state index contributed by atoms with van der Waals surface area (Å²) in [4.78, 5) is 49.7. The van der Waals surface area contributed by atoms with Crippen molar-refractivity contribution in [2.75, 3.05) is 0 Å². The van der Waals surface area contributed by atoms with Crippen molar-refractivity contribution in [3.05, 3.63) is 211 Å². The van der Waals surface area contributed by atoms with Gasteiger partial charge in [-0.2, -0.15) is 0 Å². The minimum atomic E-state index is -0.581. The Morgan fingerprint density at radius 2 is 0.620 bits per heavy atom. The van der Waals surface area contributed by atoms with E-state index in [0.29, 0.717) is 27.8 Å². The number of hydrogen-bond acceptors (Lipinski definition) is 4. The van der Waals surface area contributed by atoms with E-state index in [2.05, 4.69) is 55.5 Å². The van der Waals surface area contributed by atoms with Gasteiger partial charge in [0.25, 0.3) is 0 Å². The third kappa shape index (κ3) is 10.0. The van der Waals surface area contributed by atoms with E-state index in [0.717, 1.165) is 20.1 Å². The van der Waals surface area contributed by atoms with Crippen molar-refractivity contribution in [2.45, 2.75) is 0 Å². The first-order valence-electron chi connectivity index (χ1n) is 15.3. The van der Waals surface area contributed by atoms with E-state index in [-0.39, 0.29) is 5.56 Å². The van der Waals surface area contributed by atoms with Crippen molar-refractivity contribution in [3.63, 3.8) is 0 Å². The van der Waals surface area contributed by atoms with Crippen LogP contribution in [-0.4, -0.2) is 23.1 Å². The monoisotopic (exact) mass is 776 g/mol. The SMILES string of the molecule is O=C(C(=O)c1cc(Br)cc(Br)c1)c1ccccc1.O=C(C(=O)c1cc(C#Cc2ccccc2)cc(C#Cc2ccccc2)c1)c1ccccc1. The molecule has 6 aromatic carbocycles. The van der Waals surface area contributed by atoms with Crippen LogP contribution in [-0.2, 0) is 0 Å².